The lowest BCUT2D eigenvalue weighted by Crippen LogP contribution is -2.42. The molecule has 0 amide bonds. The second kappa shape index (κ2) is 5.21. The van der Waals surface area contributed by atoms with E-state index in [0.717, 1.165) is 0 Å². The maximum Gasteiger partial charge on any atom is 0.454 e. The largest absolute Gasteiger partial charge is 0.454 e. The number of nitrogens with two attached hydrogens (primary N) is 1. The monoisotopic (exact) mass is 217 g/mol. The third kappa shape index (κ3) is 4.51. The molecule has 0 heterocycles. The molecule has 0 aliphatic carbocycles. The second-order valence-electron chi connectivity index (χ2n) is 4.91. The van der Waals surface area contributed by atoms with Crippen LogP contribution in [0.25, 0.3) is 0 Å². The average Bonchev–Trinajstić information content (AvgIpc) is 2.00. The van der Waals surface area contributed by atoms with Gasteiger partial charge in [-0.15, -0.1) is 0 Å². The quantitative estimate of drug-likeness (QED) is 0.485. The molecule has 0 saturated carbocycles. The van der Waals surface area contributed by atoms with Crippen LogP contribution in [0.4, 0.5) is 0 Å². The summed E-state index contributed by atoms with van der Waals surface area (Å²) in [6.07, 6.45) is 0.478. The first-order valence-corrected chi connectivity index (χ1v) is 5.21. The summed E-state index contributed by atoms with van der Waals surface area (Å²) < 4.78 is 0. The van der Waals surface area contributed by atoms with Crippen LogP contribution in [0.3, 0.4) is 0 Å². The molecule has 0 bridgehead atoms. The molecule has 0 aliphatic rings. The van der Waals surface area contributed by atoms with Crippen molar-refractivity contribution in [3.63, 3.8) is 0 Å². The van der Waals surface area contributed by atoms with E-state index in [9.17, 15) is 0 Å². The third-order valence-corrected chi connectivity index (χ3v) is 2.73. The van der Waals surface area contributed by atoms with Gasteiger partial charge in [0.1, 0.15) is 0 Å². The van der Waals surface area contributed by atoms with Gasteiger partial charge in [-0.25, -0.2) is 0 Å². The normalized spacial score (nSPS) is 16.2. The van der Waals surface area contributed by atoms with Crippen LogP contribution in [0, 0.1) is 5.41 Å². The SMILES string of the molecule is C[C@H](CC(=S)[C@@H](N)C(C)(C)C)B(O)O. The molecule has 0 saturated heterocycles. The number of hydrogen-bond donors (Lipinski definition) is 3. The lowest BCUT2D eigenvalue weighted by Gasteiger charge is -2.28. The standard InChI is InChI=1S/C9H20BNO2S/c1-6(10(12)13)5-7(14)8(11)9(2,3)4/h6,8,12-13H,5,11H2,1-4H3/t6-,8-/m1/s1. The summed E-state index contributed by atoms with van der Waals surface area (Å²) in [5, 5.41) is 17.8. The zero-order valence-electron chi connectivity index (χ0n) is 9.32. The fourth-order valence-corrected chi connectivity index (χ4v) is 1.65. The predicted molar refractivity (Wildman–Crippen MR) is 64.3 cm³/mol. The lowest BCUT2D eigenvalue weighted by molar-refractivity contribution is 0.374. The lowest BCUT2D eigenvalue weighted by atomic mass is 9.70. The maximum absolute atomic E-state index is 8.91. The molecule has 0 aromatic heterocycles. The van der Waals surface area contributed by atoms with E-state index in [0.29, 0.717) is 11.3 Å². The van der Waals surface area contributed by atoms with Crippen molar-refractivity contribution in [1.82, 2.24) is 0 Å². The summed E-state index contributed by atoms with van der Waals surface area (Å²) in [6, 6.07) is -0.182. The van der Waals surface area contributed by atoms with Gasteiger partial charge in [-0.2, -0.15) is 0 Å². The van der Waals surface area contributed by atoms with Gasteiger partial charge < -0.3 is 15.8 Å². The molecule has 2 atom stereocenters. The summed E-state index contributed by atoms with van der Waals surface area (Å²) in [7, 11) is -1.32. The Hall–Kier alpha value is 0.0349. The minimum Gasteiger partial charge on any atom is -0.427 e. The molecular weight excluding hydrogens is 197 g/mol. The van der Waals surface area contributed by atoms with E-state index in [4.69, 9.17) is 28.0 Å². The van der Waals surface area contributed by atoms with Crippen LogP contribution in [0.1, 0.15) is 34.1 Å². The minimum absolute atomic E-state index is 0.0722. The van der Waals surface area contributed by atoms with Gasteiger partial charge in [-0.05, 0) is 17.7 Å². The molecule has 0 radical (unpaired) electrons. The Kier molecular flexibility index (Phi) is 5.22. The number of thiocarbonyl (C=S) groups is 1. The summed E-state index contributed by atoms with van der Waals surface area (Å²) >= 11 is 5.17. The zero-order chi connectivity index (χ0) is 11.5. The molecular formula is C9H20BNO2S. The van der Waals surface area contributed by atoms with E-state index in [1.807, 2.05) is 20.8 Å². The highest BCUT2D eigenvalue weighted by molar-refractivity contribution is 7.80. The molecule has 3 nitrogen and oxygen atoms in total. The van der Waals surface area contributed by atoms with Crippen molar-refractivity contribution in [3.8, 4) is 0 Å². The molecule has 0 unspecified atom stereocenters. The van der Waals surface area contributed by atoms with E-state index < -0.39 is 7.12 Å². The first-order chi connectivity index (χ1) is 6.16. The van der Waals surface area contributed by atoms with Gasteiger partial charge in [0.15, 0.2) is 0 Å². The molecule has 0 fully saturated rings. The van der Waals surface area contributed by atoms with Gasteiger partial charge in [0.25, 0.3) is 0 Å². The van der Waals surface area contributed by atoms with E-state index in [2.05, 4.69) is 0 Å². The Morgan fingerprint density at radius 3 is 2.14 bits per heavy atom. The summed E-state index contributed by atoms with van der Waals surface area (Å²) in [5.74, 6) is -0.254. The second-order valence-corrected chi connectivity index (χ2v) is 5.43. The number of rotatable bonds is 4. The average molecular weight is 217 g/mol. The van der Waals surface area contributed by atoms with Crippen molar-refractivity contribution >= 4 is 24.2 Å². The maximum atomic E-state index is 8.91. The third-order valence-electron chi connectivity index (χ3n) is 2.31. The molecule has 0 rings (SSSR count). The first kappa shape index (κ1) is 14.0. The van der Waals surface area contributed by atoms with Crippen LogP contribution in [-0.4, -0.2) is 28.1 Å². The van der Waals surface area contributed by atoms with Gasteiger partial charge in [-0.3, -0.25) is 0 Å². The Labute approximate surface area is 91.8 Å². The van der Waals surface area contributed by atoms with Gasteiger partial charge in [0.2, 0.25) is 0 Å². The minimum atomic E-state index is -1.32. The van der Waals surface area contributed by atoms with Crippen LogP contribution in [-0.2, 0) is 0 Å². The van der Waals surface area contributed by atoms with E-state index in [1.165, 1.54) is 0 Å². The molecule has 0 aromatic carbocycles. The summed E-state index contributed by atoms with van der Waals surface area (Å²) in [4.78, 5) is 0.707. The molecule has 0 aromatic rings. The molecule has 0 spiro atoms. The topological polar surface area (TPSA) is 66.5 Å². The van der Waals surface area contributed by atoms with Crippen molar-refractivity contribution in [2.24, 2.45) is 11.1 Å². The highest BCUT2D eigenvalue weighted by atomic mass is 32.1. The highest BCUT2D eigenvalue weighted by Gasteiger charge is 2.27. The Morgan fingerprint density at radius 2 is 1.86 bits per heavy atom. The van der Waals surface area contributed by atoms with Crippen molar-refractivity contribution in [1.29, 1.82) is 0 Å². The molecule has 82 valence electrons. The Morgan fingerprint density at radius 1 is 1.43 bits per heavy atom. The van der Waals surface area contributed by atoms with E-state index in [-0.39, 0.29) is 17.3 Å². The summed E-state index contributed by atoms with van der Waals surface area (Å²) in [5.41, 5.74) is 5.87. The van der Waals surface area contributed by atoms with E-state index >= 15 is 0 Å². The van der Waals surface area contributed by atoms with Crippen LogP contribution in [0.2, 0.25) is 5.82 Å². The van der Waals surface area contributed by atoms with Crippen molar-refractivity contribution in [3.05, 3.63) is 0 Å². The van der Waals surface area contributed by atoms with Crippen LogP contribution >= 0.6 is 12.2 Å². The first-order valence-electron chi connectivity index (χ1n) is 4.80. The van der Waals surface area contributed by atoms with E-state index in [1.54, 1.807) is 6.92 Å². The smallest absolute Gasteiger partial charge is 0.427 e. The van der Waals surface area contributed by atoms with Crippen molar-refractivity contribution in [2.45, 2.75) is 46.0 Å². The number of hydrogen-bond acceptors (Lipinski definition) is 4. The molecule has 14 heavy (non-hydrogen) atoms. The van der Waals surface area contributed by atoms with Crippen molar-refractivity contribution in [2.75, 3.05) is 0 Å². The zero-order valence-corrected chi connectivity index (χ0v) is 10.1. The summed E-state index contributed by atoms with van der Waals surface area (Å²) in [6.45, 7) is 7.80. The Bertz CT molecular complexity index is 203. The fraction of sp³-hybridized carbons (Fsp3) is 0.889. The molecule has 4 N–H and O–H groups in total. The predicted octanol–water partition coefficient (Wildman–Crippen LogP) is 0.983. The highest BCUT2D eigenvalue weighted by Crippen LogP contribution is 2.23. The van der Waals surface area contributed by atoms with Gasteiger partial charge >= 0.3 is 7.12 Å². The van der Waals surface area contributed by atoms with Crippen LogP contribution in [0.5, 0.6) is 0 Å². The van der Waals surface area contributed by atoms with Gasteiger partial charge in [0.05, 0.1) is 0 Å². The molecule has 0 aliphatic heterocycles. The Balaban J connectivity index is 4.23. The van der Waals surface area contributed by atoms with Crippen LogP contribution < -0.4 is 5.73 Å². The van der Waals surface area contributed by atoms with Crippen LogP contribution in [0.15, 0.2) is 0 Å². The fourth-order valence-electron chi connectivity index (χ4n) is 1.03. The van der Waals surface area contributed by atoms with Gasteiger partial charge in [-0.1, -0.05) is 39.9 Å². The van der Waals surface area contributed by atoms with Gasteiger partial charge in [0, 0.05) is 10.9 Å². The van der Waals surface area contributed by atoms with Crippen molar-refractivity contribution < 1.29 is 10.0 Å². The molecule has 5 heteroatoms.